The number of nitrogens with zero attached hydrogens (tertiary/aromatic N) is 1. The van der Waals surface area contributed by atoms with E-state index in [1.165, 1.54) is 0 Å². The van der Waals surface area contributed by atoms with Crippen LogP contribution in [0.2, 0.25) is 5.02 Å². The molecule has 0 saturated heterocycles. The van der Waals surface area contributed by atoms with E-state index in [0.717, 1.165) is 22.4 Å². The van der Waals surface area contributed by atoms with E-state index >= 15 is 0 Å². The molecule has 172 valence electrons. The SMILES string of the molecule is CCCC(=O)N(Cc1ccc(Cl)cc1)[C@H](C(=O)NCc1ccc(OC)cc1)c1ccccc1. The molecule has 0 saturated carbocycles. The lowest BCUT2D eigenvalue weighted by atomic mass is 10.0. The molecular weight excluding hydrogens is 436 g/mol. The van der Waals surface area contributed by atoms with Crippen molar-refractivity contribution in [2.45, 2.75) is 38.9 Å². The van der Waals surface area contributed by atoms with Crippen molar-refractivity contribution < 1.29 is 14.3 Å². The average Bonchev–Trinajstić information content (AvgIpc) is 2.84. The van der Waals surface area contributed by atoms with Crippen molar-refractivity contribution >= 4 is 23.4 Å². The van der Waals surface area contributed by atoms with E-state index < -0.39 is 6.04 Å². The van der Waals surface area contributed by atoms with E-state index in [2.05, 4.69) is 5.32 Å². The monoisotopic (exact) mass is 464 g/mol. The summed E-state index contributed by atoms with van der Waals surface area (Å²) in [5.74, 6) is 0.461. The zero-order chi connectivity index (χ0) is 23.6. The highest BCUT2D eigenvalue weighted by Crippen LogP contribution is 2.25. The van der Waals surface area contributed by atoms with Gasteiger partial charge < -0.3 is 15.0 Å². The minimum Gasteiger partial charge on any atom is -0.497 e. The number of benzene rings is 3. The Morgan fingerprint density at radius 2 is 1.58 bits per heavy atom. The summed E-state index contributed by atoms with van der Waals surface area (Å²) in [6, 6.07) is 23.5. The molecule has 0 aromatic heterocycles. The van der Waals surface area contributed by atoms with Crippen LogP contribution in [0.4, 0.5) is 0 Å². The third-order valence-electron chi connectivity index (χ3n) is 5.35. The molecule has 0 radical (unpaired) electrons. The third-order valence-corrected chi connectivity index (χ3v) is 5.60. The Hall–Kier alpha value is -3.31. The molecule has 0 aliphatic rings. The van der Waals surface area contributed by atoms with Crippen molar-refractivity contribution in [3.8, 4) is 5.75 Å². The van der Waals surface area contributed by atoms with Gasteiger partial charge >= 0.3 is 0 Å². The fourth-order valence-electron chi connectivity index (χ4n) is 3.60. The van der Waals surface area contributed by atoms with Gasteiger partial charge in [0.15, 0.2) is 0 Å². The van der Waals surface area contributed by atoms with Crippen LogP contribution < -0.4 is 10.1 Å². The Bertz CT molecular complexity index is 1040. The molecule has 2 amide bonds. The Kier molecular flexibility index (Phi) is 8.90. The summed E-state index contributed by atoms with van der Waals surface area (Å²) in [7, 11) is 1.61. The minimum atomic E-state index is -0.751. The van der Waals surface area contributed by atoms with Gasteiger partial charge in [-0.05, 0) is 47.4 Å². The molecular formula is C27H29ClN2O3. The zero-order valence-corrected chi connectivity index (χ0v) is 19.7. The summed E-state index contributed by atoms with van der Waals surface area (Å²) < 4.78 is 5.20. The molecule has 1 N–H and O–H groups in total. The molecule has 0 aliphatic heterocycles. The van der Waals surface area contributed by atoms with Gasteiger partial charge in [-0.3, -0.25) is 9.59 Å². The second-order valence-electron chi connectivity index (χ2n) is 7.78. The first-order chi connectivity index (χ1) is 16.0. The largest absolute Gasteiger partial charge is 0.497 e. The number of ether oxygens (including phenoxy) is 1. The summed E-state index contributed by atoms with van der Waals surface area (Å²) in [6.07, 6.45) is 1.06. The highest BCUT2D eigenvalue weighted by molar-refractivity contribution is 6.30. The van der Waals surface area contributed by atoms with Crippen LogP contribution in [-0.2, 0) is 22.7 Å². The van der Waals surface area contributed by atoms with Gasteiger partial charge in [0.1, 0.15) is 11.8 Å². The predicted molar refractivity (Wildman–Crippen MR) is 131 cm³/mol. The van der Waals surface area contributed by atoms with Gasteiger partial charge in [-0.1, -0.05) is 73.1 Å². The van der Waals surface area contributed by atoms with Crippen molar-refractivity contribution in [2.75, 3.05) is 7.11 Å². The number of hydrogen-bond acceptors (Lipinski definition) is 3. The Balaban J connectivity index is 1.88. The summed E-state index contributed by atoms with van der Waals surface area (Å²) in [6.45, 7) is 2.62. The van der Waals surface area contributed by atoms with E-state index in [1.807, 2.05) is 73.7 Å². The van der Waals surface area contributed by atoms with Gasteiger partial charge in [-0.2, -0.15) is 0 Å². The standard InChI is InChI=1S/C27H29ClN2O3/c1-3-7-25(31)30(19-21-10-14-23(28)15-11-21)26(22-8-5-4-6-9-22)27(32)29-18-20-12-16-24(33-2)17-13-20/h4-6,8-17,26H,3,7,18-19H2,1-2H3,(H,29,32)/t26-/m0/s1. The fourth-order valence-corrected chi connectivity index (χ4v) is 3.73. The highest BCUT2D eigenvalue weighted by atomic mass is 35.5. The number of hydrogen-bond donors (Lipinski definition) is 1. The lowest BCUT2D eigenvalue weighted by Gasteiger charge is -2.31. The lowest BCUT2D eigenvalue weighted by Crippen LogP contribution is -2.43. The van der Waals surface area contributed by atoms with Gasteiger partial charge in [-0.15, -0.1) is 0 Å². The molecule has 0 heterocycles. The van der Waals surface area contributed by atoms with Gasteiger partial charge in [0.2, 0.25) is 11.8 Å². The summed E-state index contributed by atoms with van der Waals surface area (Å²) in [5.41, 5.74) is 2.62. The van der Waals surface area contributed by atoms with Crippen LogP contribution >= 0.6 is 11.6 Å². The Labute approximate surface area is 200 Å². The van der Waals surface area contributed by atoms with Crippen LogP contribution in [0.1, 0.15) is 42.5 Å². The second-order valence-corrected chi connectivity index (χ2v) is 8.21. The molecule has 5 nitrogen and oxygen atoms in total. The molecule has 3 aromatic rings. The maximum Gasteiger partial charge on any atom is 0.247 e. The number of nitrogens with one attached hydrogen (secondary N) is 1. The van der Waals surface area contributed by atoms with Crippen molar-refractivity contribution in [3.05, 3.63) is 101 Å². The normalized spacial score (nSPS) is 11.5. The van der Waals surface area contributed by atoms with Crippen LogP contribution in [0.3, 0.4) is 0 Å². The first-order valence-corrected chi connectivity index (χ1v) is 11.4. The molecule has 0 fully saturated rings. The smallest absolute Gasteiger partial charge is 0.247 e. The summed E-state index contributed by atoms with van der Waals surface area (Å²) in [4.78, 5) is 28.3. The molecule has 1 atom stereocenters. The molecule has 0 spiro atoms. The molecule has 0 unspecified atom stereocenters. The fraction of sp³-hybridized carbons (Fsp3) is 0.259. The van der Waals surface area contributed by atoms with Crippen molar-refractivity contribution in [3.63, 3.8) is 0 Å². The molecule has 3 rings (SSSR count). The molecule has 0 aliphatic carbocycles. The topological polar surface area (TPSA) is 58.6 Å². The van der Waals surface area contributed by atoms with Crippen LogP contribution in [-0.4, -0.2) is 23.8 Å². The van der Waals surface area contributed by atoms with Crippen LogP contribution in [0.15, 0.2) is 78.9 Å². The maximum absolute atomic E-state index is 13.5. The van der Waals surface area contributed by atoms with Crippen LogP contribution in [0.5, 0.6) is 5.75 Å². The van der Waals surface area contributed by atoms with E-state index in [4.69, 9.17) is 16.3 Å². The third kappa shape index (κ3) is 6.83. The number of rotatable bonds is 10. The predicted octanol–water partition coefficient (Wildman–Crippen LogP) is 5.54. The van der Waals surface area contributed by atoms with Crippen molar-refractivity contribution in [1.29, 1.82) is 0 Å². The van der Waals surface area contributed by atoms with Gasteiger partial charge in [-0.25, -0.2) is 0 Å². The molecule has 6 heteroatoms. The van der Waals surface area contributed by atoms with E-state index in [-0.39, 0.29) is 11.8 Å². The number of methoxy groups -OCH3 is 1. The quantitative estimate of drug-likeness (QED) is 0.429. The summed E-state index contributed by atoms with van der Waals surface area (Å²) >= 11 is 6.04. The molecule has 33 heavy (non-hydrogen) atoms. The van der Waals surface area contributed by atoms with Gasteiger partial charge in [0, 0.05) is 24.5 Å². The second kappa shape index (κ2) is 12.1. The van der Waals surface area contributed by atoms with Gasteiger partial charge in [0.05, 0.1) is 7.11 Å². The first kappa shape index (κ1) is 24.3. The lowest BCUT2D eigenvalue weighted by molar-refractivity contribution is -0.141. The van der Waals surface area contributed by atoms with E-state index in [9.17, 15) is 9.59 Å². The van der Waals surface area contributed by atoms with Crippen molar-refractivity contribution in [2.24, 2.45) is 0 Å². The Morgan fingerprint density at radius 3 is 2.18 bits per heavy atom. The number of amides is 2. The zero-order valence-electron chi connectivity index (χ0n) is 19.0. The van der Waals surface area contributed by atoms with Crippen LogP contribution in [0.25, 0.3) is 0 Å². The highest BCUT2D eigenvalue weighted by Gasteiger charge is 2.31. The van der Waals surface area contributed by atoms with E-state index in [1.54, 1.807) is 24.1 Å². The average molecular weight is 465 g/mol. The van der Waals surface area contributed by atoms with E-state index in [0.29, 0.717) is 31.0 Å². The molecule has 0 bridgehead atoms. The number of halogens is 1. The van der Waals surface area contributed by atoms with Crippen molar-refractivity contribution in [1.82, 2.24) is 10.2 Å². The van der Waals surface area contributed by atoms with Crippen LogP contribution in [0, 0.1) is 0 Å². The maximum atomic E-state index is 13.5. The first-order valence-electron chi connectivity index (χ1n) is 11.0. The van der Waals surface area contributed by atoms with Gasteiger partial charge in [0.25, 0.3) is 0 Å². The Morgan fingerprint density at radius 1 is 0.939 bits per heavy atom. The summed E-state index contributed by atoms with van der Waals surface area (Å²) in [5, 5.41) is 3.64. The number of carbonyl (C=O) groups is 2. The molecule has 3 aromatic carbocycles. The number of carbonyl (C=O) groups excluding carboxylic acids is 2. The minimum absolute atomic E-state index is 0.0686.